The molecule has 1 fully saturated rings. The predicted molar refractivity (Wildman–Crippen MR) is 135 cm³/mol. The van der Waals surface area contributed by atoms with Crippen LogP contribution in [-0.4, -0.2) is 40.4 Å². The number of ether oxygens (including phenoxy) is 1. The first-order valence-corrected chi connectivity index (χ1v) is 12.7. The van der Waals surface area contributed by atoms with Crippen molar-refractivity contribution in [2.24, 2.45) is 0 Å². The third-order valence-corrected chi connectivity index (χ3v) is 7.59. The highest BCUT2D eigenvalue weighted by atomic mass is 32.2. The van der Waals surface area contributed by atoms with E-state index in [9.17, 15) is 18.0 Å². The van der Waals surface area contributed by atoms with Crippen molar-refractivity contribution in [3.63, 3.8) is 0 Å². The van der Waals surface area contributed by atoms with Gasteiger partial charge in [-0.05, 0) is 74.0 Å². The average molecular weight is 494 g/mol. The highest BCUT2D eigenvalue weighted by molar-refractivity contribution is 7.92. The maximum Gasteiger partial charge on any atom is 0.264 e. The third-order valence-electron chi connectivity index (χ3n) is 5.79. The summed E-state index contributed by atoms with van der Waals surface area (Å²) in [5, 5.41) is 2.76. The van der Waals surface area contributed by atoms with Crippen molar-refractivity contribution in [3.8, 4) is 5.75 Å². The van der Waals surface area contributed by atoms with E-state index < -0.39 is 10.0 Å². The third kappa shape index (κ3) is 5.63. The minimum atomic E-state index is -3.69. The van der Waals surface area contributed by atoms with Crippen LogP contribution in [0.4, 0.5) is 17.1 Å². The van der Waals surface area contributed by atoms with Gasteiger partial charge in [-0.15, -0.1) is 0 Å². The van der Waals surface area contributed by atoms with E-state index in [0.29, 0.717) is 30.1 Å². The van der Waals surface area contributed by atoms with Crippen LogP contribution in [0.3, 0.4) is 0 Å². The van der Waals surface area contributed by atoms with Gasteiger partial charge in [0.2, 0.25) is 5.91 Å². The van der Waals surface area contributed by atoms with E-state index in [4.69, 9.17) is 4.74 Å². The van der Waals surface area contributed by atoms with Crippen LogP contribution in [0.15, 0.2) is 77.7 Å². The molecule has 0 atom stereocenters. The fraction of sp³-hybridized carbons (Fsp3) is 0.231. The highest BCUT2D eigenvalue weighted by Gasteiger charge is 2.22. The van der Waals surface area contributed by atoms with Gasteiger partial charge in [-0.25, -0.2) is 8.42 Å². The molecule has 0 saturated carbocycles. The number of hydrogen-bond acceptors (Lipinski definition) is 5. The molecule has 182 valence electrons. The predicted octanol–water partition coefficient (Wildman–Crippen LogP) is 3.96. The molecule has 2 amide bonds. The van der Waals surface area contributed by atoms with Crippen LogP contribution in [0.5, 0.6) is 5.75 Å². The molecule has 1 heterocycles. The van der Waals surface area contributed by atoms with Gasteiger partial charge in [-0.1, -0.05) is 17.7 Å². The number of sulfonamides is 1. The number of amides is 2. The lowest BCUT2D eigenvalue weighted by Crippen LogP contribution is -2.26. The number of carbonyl (C=O) groups excluding carboxylic acids is 2. The first kappa shape index (κ1) is 24.3. The Hall–Kier alpha value is -3.85. The Bertz CT molecular complexity index is 1300. The fourth-order valence-electron chi connectivity index (χ4n) is 3.75. The Balaban J connectivity index is 1.31. The number of aryl methyl sites for hydroxylation is 1. The molecule has 0 spiro atoms. The quantitative estimate of drug-likeness (QED) is 0.512. The van der Waals surface area contributed by atoms with Crippen molar-refractivity contribution in [1.82, 2.24) is 0 Å². The number of nitrogens with zero attached hydrogens (tertiary/aromatic N) is 2. The largest absolute Gasteiger partial charge is 0.484 e. The van der Waals surface area contributed by atoms with Crippen molar-refractivity contribution in [2.45, 2.75) is 24.7 Å². The van der Waals surface area contributed by atoms with Crippen LogP contribution in [0.25, 0.3) is 0 Å². The molecule has 0 bridgehead atoms. The SMILES string of the molecule is Cc1ccc(S(=O)(=O)N(C)c2ccc(OCC(=O)Nc3ccc(N4CCCC4=O)cc3)cc2)cc1. The summed E-state index contributed by atoms with van der Waals surface area (Å²) >= 11 is 0. The van der Waals surface area contributed by atoms with E-state index >= 15 is 0 Å². The zero-order chi connectivity index (χ0) is 25.0. The summed E-state index contributed by atoms with van der Waals surface area (Å²) in [6.45, 7) is 2.40. The Morgan fingerprint density at radius 1 is 1.00 bits per heavy atom. The minimum absolute atomic E-state index is 0.111. The second-order valence-electron chi connectivity index (χ2n) is 8.31. The topological polar surface area (TPSA) is 96.0 Å². The number of nitrogens with one attached hydrogen (secondary N) is 1. The molecular weight excluding hydrogens is 466 g/mol. The zero-order valence-electron chi connectivity index (χ0n) is 19.6. The lowest BCUT2D eigenvalue weighted by atomic mass is 10.2. The van der Waals surface area contributed by atoms with Gasteiger partial charge >= 0.3 is 0 Å². The van der Waals surface area contributed by atoms with Gasteiger partial charge in [-0.2, -0.15) is 0 Å². The van der Waals surface area contributed by atoms with Gasteiger partial charge in [0.1, 0.15) is 5.75 Å². The maximum absolute atomic E-state index is 12.9. The molecule has 3 aromatic carbocycles. The molecule has 35 heavy (non-hydrogen) atoms. The van der Waals surface area contributed by atoms with E-state index in [0.717, 1.165) is 17.7 Å². The molecule has 1 aliphatic heterocycles. The van der Waals surface area contributed by atoms with Gasteiger partial charge < -0.3 is 15.0 Å². The normalized spacial score (nSPS) is 13.5. The van der Waals surface area contributed by atoms with E-state index in [1.807, 2.05) is 6.92 Å². The Kier molecular flexibility index (Phi) is 7.07. The molecule has 3 aromatic rings. The molecule has 9 heteroatoms. The average Bonchev–Trinajstić information content (AvgIpc) is 3.29. The van der Waals surface area contributed by atoms with Crippen LogP contribution in [-0.2, 0) is 19.6 Å². The van der Waals surface area contributed by atoms with Gasteiger partial charge in [0, 0.05) is 31.4 Å². The lowest BCUT2D eigenvalue weighted by molar-refractivity contribution is -0.118. The Morgan fingerprint density at radius 2 is 1.66 bits per heavy atom. The summed E-state index contributed by atoms with van der Waals surface area (Å²) in [4.78, 5) is 26.1. The van der Waals surface area contributed by atoms with Gasteiger partial charge in [0.25, 0.3) is 15.9 Å². The number of hydrogen-bond donors (Lipinski definition) is 1. The van der Waals surface area contributed by atoms with Crippen LogP contribution < -0.4 is 19.3 Å². The van der Waals surface area contributed by atoms with E-state index in [2.05, 4.69) is 5.32 Å². The maximum atomic E-state index is 12.9. The van der Waals surface area contributed by atoms with Gasteiger partial charge in [-0.3, -0.25) is 13.9 Å². The standard InChI is InChI=1S/C26H27N3O5S/c1-19-5-15-24(16-6-19)35(32,33)28(2)21-11-13-23(14-12-21)34-18-25(30)27-20-7-9-22(10-8-20)29-17-3-4-26(29)31/h5-16H,3-4,17-18H2,1-2H3,(H,27,30). The summed E-state index contributed by atoms with van der Waals surface area (Å²) in [7, 11) is -2.20. The van der Waals surface area contributed by atoms with Crippen molar-refractivity contribution in [1.29, 1.82) is 0 Å². The van der Waals surface area contributed by atoms with Crippen LogP contribution in [0.1, 0.15) is 18.4 Å². The molecule has 0 unspecified atom stereocenters. The Labute approximate surface area is 205 Å². The molecule has 0 aromatic heterocycles. The minimum Gasteiger partial charge on any atom is -0.484 e. The van der Waals surface area contributed by atoms with E-state index in [1.54, 1.807) is 77.7 Å². The molecule has 1 saturated heterocycles. The second-order valence-corrected chi connectivity index (χ2v) is 10.3. The van der Waals surface area contributed by atoms with Gasteiger partial charge in [0.05, 0.1) is 10.6 Å². The molecular formula is C26H27N3O5S. The highest BCUT2D eigenvalue weighted by Crippen LogP contribution is 2.25. The first-order chi connectivity index (χ1) is 16.7. The molecule has 4 rings (SSSR count). The van der Waals surface area contributed by atoms with Crippen LogP contribution in [0, 0.1) is 6.92 Å². The van der Waals surface area contributed by atoms with Crippen molar-refractivity contribution in [3.05, 3.63) is 78.4 Å². The van der Waals surface area contributed by atoms with Crippen LogP contribution in [0.2, 0.25) is 0 Å². The van der Waals surface area contributed by atoms with E-state index in [-0.39, 0.29) is 23.3 Å². The summed E-state index contributed by atoms with van der Waals surface area (Å²) in [5.74, 6) is 0.214. The lowest BCUT2D eigenvalue weighted by Gasteiger charge is -2.20. The van der Waals surface area contributed by atoms with E-state index in [1.165, 1.54) is 11.4 Å². The second kappa shape index (κ2) is 10.2. The van der Waals surface area contributed by atoms with Crippen molar-refractivity contribution in [2.75, 3.05) is 34.7 Å². The first-order valence-electron chi connectivity index (χ1n) is 11.2. The van der Waals surface area contributed by atoms with Gasteiger partial charge in [0.15, 0.2) is 6.61 Å². The molecule has 0 aliphatic carbocycles. The molecule has 1 N–H and O–H groups in total. The fourth-order valence-corrected chi connectivity index (χ4v) is 4.95. The summed E-state index contributed by atoms with van der Waals surface area (Å²) in [6.07, 6.45) is 1.42. The molecule has 0 radical (unpaired) electrons. The summed E-state index contributed by atoms with van der Waals surface area (Å²) < 4.78 is 32.4. The number of carbonyl (C=O) groups is 2. The smallest absolute Gasteiger partial charge is 0.264 e. The Morgan fingerprint density at radius 3 is 2.26 bits per heavy atom. The zero-order valence-corrected chi connectivity index (χ0v) is 20.4. The van der Waals surface area contributed by atoms with Crippen molar-refractivity contribution < 1.29 is 22.7 Å². The molecule has 8 nitrogen and oxygen atoms in total. The van der Waals surface area contributed by atoms with Crippen molar-refractivity contribution >= 4 is 38.9 Å². The number of rotatable bonds is 8. The summed E-state index contributed by atoms with van der Waals surface area (Å²) in [5.41, 5.74) is 2.87. The summed E-state index contributed by atoms with van der Waals surface area (Å²) in [6, 6.07) is 20.3. The van der Waals surface area contributed by atoms with Crippen LogP contribution >= 0.6 is 0 Å². The number of anilines is 3. The molecule has 1 aliphatic rings. The number of benzene rings is 3. The monoisotopic (exact) mass is 493 g/mol.